The van der Waals surface area contributed by atoms with Crippen molar-refractivity contribution in [3.8, 4) is 22.6 Å². The summed E-state index contributed by atoms with van der Waals surface area (Å²) in [5.41, 5.74) is 4.96. The van der Waals surface area contributed by atoms with Crippen LogP contribution in [0.1, 0.15) is 96.0 Å². The zero-order valence-electron chi connectivity index (χ0n) is 42.3. The molecule has 3 aromatic heterocycles. The first-order valence-electron chi connectivity index (χ1n) is 25.4. The third kappa shape index (κ3) is 12.2. The third-order valence-corrected chi connectivity index (χ3v) is 16.4. The van der Waals surface area contributed by atoms with E-state index in [2.05, 4.69) is 69.6 Å². The molecule has 1 atom stereocenters. The Morgan fingerprint density at radius 1 is 0.904 bits per heavy atom. The molecular formula is C55H65Cl2N9O6S. The first-order valence-corrected chi connectivity index (χ1v) is 27.0. The normalized spacial score (nSPS) is 18.4. The summed E-state index contributed by atoms with van der Waals surface area (Å²) in [5, 5.41) is 7.92. The highest BCUT2D eigenvalue weighted by atomic mass is 35.5. The lowest BCUT2D eigenvalue weighted by Gasteiger charge is -2.38. The van der Waals surface area contributed by atoms with Gasteiger partial charge in [-0.1, -0.05) is 35.3 Å². The van der Waals surface area contributed by atoms with Crippen molar-refractivity contribution < 1.29 is 19.1 Å². The lowest BCUT2D eigenvalue weighted by atomic mass is 9.77. The molecule has 0 radical (unpaired) electrons. The van der Waals surface area contributed by atoms with E-state index in [4.69, 9.17) is 42.6 Å². The zero-order chi connectivity index (χ0) is 51.3. The smallest absolute Gasteiger partial charge is 0.332 e. The van der Waals surface area contributed by atoms with E-state index < -0.39 is 11.2 Å². The standard InChI is InChI=1S/C55H65Cl2N9O6S/c1-34(49-29-40(33-73-49)51-39(32-62(3)4)8-6-9-45(51)57)58-52-43-30-42(48(71-5)31-46(43)59-35(2)60-52)36-10-12-37(13-11-36)53(68)65-25-23-63(24-26-65)19-7-27-72-41-16-20-64(21-17-41)54(69)38-14-15-44(56)47(28-38)66-22-18-50(67)61-55(66)70/h6,8-9,14-15,18,22,28-31,33-34,36-37,41H,7,10-13,16-17,19-21,23-27,32H2,1-5H3,(H,58,59,60)(H,61,67,70)/t34-,36?,37?/m1/s1. The van der Waals surface area contributed by atoms with Crippen LogP contribution in [0.2, 0.25) is 10.0 Å². The second kappa shape index (κ2) is 23.3. The number of rotatable bonds is 16. The Kier molecular flexibility index (Phi) is 16.7. The van der Waals surface area contributed by atoms with Gasteiger partial charge in [-0.25, -0.2) is 14.8 Å². The Morgan fingerprint density at radius 2 is 1.67 bits per heavy atom. The molecule has 18 heteroatoms. The molecule has 386 valence electrons. The molecule has 3 fully saturated rings. The molecule has 9 rings (SSSR count). The number of aromatic nitrogens is 4. The third-order valence-electron chi connectivity index (χ3n) is 14.6. The van der Waals surface area contributed by atoms with Crippen molar-refractivity contribution in [1.29, 1.82) is 0 Å². The van der Waals surface area contributed by atoms with Gasteiger partial charge in [0, 0.05) is 110 Å². The number of methoxy groups -OCH3 is 1. The maximum atomic E-state index is 13.9. The van der Waals surface area contributed by atoms with Gasteiger partial charge in [-0.15, -0.1) is 11.3 Å². The molecule has 2 saturated heterocycles. The fourth-order valence-corrected chi connectivity index (χ4v) is 12.2. The number of hydrogen-bond acceptors (Lipinski definition) is 12. The molecule has 0 spiro atoms. The second-order valence-electron chi connectivity index (χ2n) is 19.9. The van der Waals surface area contributed by atoms with E-state index in [0.717, 1.165) is 128 Å². The lowest BCUT2D eigenvalue weighted by molar-refractivity contribution is -0.138. The number of halogens is 2. The van der Waals surface area contributed by atoms with Crippen LogP contribution in [0.15, 0.2) is 81.8 Å². The summed E-state index contributed by atoms with van der Waals surface area (Å²) in [4.78, 5) is 72.9. The highest BCUT2D eigenvalue weighted by Gasteiger charge is 2.33. The number of amides is 2. The van der Waals surface area contributed by atoms with Crippen LogP contribution in [0, 0.1) is 12.8 Å². The van der Waals surface area contributed by atoms with Gasteiger partial charge < -0.3 is 29.5 Å². The SMILES string of the molecule is COc1cc2nc(C)nc(N[C@H](C)c3cc(-c4c(Cl)cccc4CN(C)C)cs3)c2cc1C1CCC(C(=O)N2CCN(CCCOC3CCN(C(=O)c4ccc(Cl)c(-n5ccc(=O)[nH]c5=O)c4)CC3)CC2)CC1. The number of benzene rings is 3. The lowest BCUT2D eigenvalue weighted by Crippen LogP contribution is -2.50. The van der Waals surface area contributed by atoms with E-state index in [-0.39, 0.29) is 40.8 Å². The average molecular weight is 1050 g/mol. The van der Waals surface area contributed by atoms with Crippen LogP contribution < -0.4 is 21.3 Å². The molecule has 2 aliphatic heterocycles. The molecular weight excluding hydrogens is 986 g/mol. The van der Waals surface area contributed by atoms with Crippen molar-refractivity contribution in [2.45, 2.75) is 83.4 Å². The minimum absolute atomic E-state index is 0.0192. The molecule has 0 unspecified atom stereocenters. The number of piperazine rings is 1. The van der Waals surface area contributed by atoms with Crippen LogP contribution in [-0.2, 0) is 16.1 Å². The number of nitrogens with zero attached hydrogens (tertiary/aromatic N) is 7. The fourth-order valence-electron chi connectivity index (χ4n) is 10.7. The minimum Gasteiger partial charge on any atom is -0.496 e. The Hall–Kier alpha value is -5.62. The molecule has 3 aliphatic rings. The monoisotopic (exact) mass is 1050 g/mol. The number of ether oxygens (including phenoxy) is 2. The summed E-state index contributed by atoms with van der Waals surface area (Å²) in [6.07, 6.45) is 7.28. The maximum absolute atomic E-state index is 13.9. The topological polar surface area (TPSA) is 158 Å². The molecule has 5 heterocycles. The number of hydrogen-bond donors (Lipinski definition) is 2. The number of nitrogens with one attached hydrogen (secondary N) is 2. The number of aryl methyl sites for hydroxylation is 1. The van der Waals surface area contributed by atoms with Gasteiger partial charge in [0.1, 0.15) is 17.4 Å². The van der Waals surface area contributed by atoms with Crippen LogP contribution in [0.4, 0.5) is 5.82 Å². The minimum atomic E-state index is -0.630. The van der Waals surface area contributed by atoms with Gasteiger partial charge in [0.15, 0.2) is 0 Å². The van der Waals surface area contributed by atoms with Crippen LogP contribution in [0.3, 0.4) is 0 Å². The molecule has 15 nitrogen and oxygen atoms in total. The van der Waals surface area contributed by atoms with Crippen molar-refractivity contribution >= 4 is 63.1 Å². The number of likely N-dealkylation sites (tertiary alicyclic amines) is 1. The van der Waals surface area contributed by atoms with E-state index in [0.29, 0.717) is 36.8 Å². The van der Waals surface area contributed by atoms with E-state index in [1.54, 1.807) is 41.5 Å². The number of piperidine rings is 1. The predicted molar refractivity (Wildman–Crippen MR) is 290 cm³/mol. The van der Waals surface area contributed by atoms with Crippen LogP contribution in [-0.4, -0.2) is 131 Å². The van der Waals surface area contributed by atoms with Gasteiger partial charge in [0.2, 0.25) is 5.91 Å². The number of fused-ring (bicyclic) bond motifs is 1. The van der Waals surface area contributed by atoms with E-state index in [1.165, 1.54) is 27.3 Å². The summed E-state index contributed by atoms with van der Waals surface area (Å²) in [6.45, 7) is 10.7. The number of anilines is 1. The van der Waals surface area contributed by atoms with Crippen LogP contribution in [0.5, 0.6) is 5.75 Å². The summed E-state index contributed by atoms with van der Waals surface area (Å²) in [7, 11) is 5.86. The van der Waals surface area contributed by atoms with Crippen LogP contribution >= 0.6 is 34.5 Å². The molecule has 2 N–H and O–H groups in total. The summed E-state index contributed by atoms with van der Waals surface area (Å²) < 4.78 is 13.5. The first kappa shape index (κ1) is 52.3. The van der Waals surface area contributed by atoms with Crippen molar-refractivity contribution in [3.63, 3.8) is 0 Å². The van der Waals surface area contributed by atoms with E-state index >= 15 is 0 Å². The predicted octanol–water partition coefficient (Wildman–Crippen LogP) is 9.19. The Morgan fingerprint density at radius 3 is 2.40 bits per heavy atom. The largest absolute Gasteiger partial charge is 0.496 e. The summed E-state index contributed by atoms with van der Waals surface area (Å²) in [6, 6.07) is 18.6. The first-order chi connectivity index (χ1) is 35.2. The van der Waals surface area contributed by atoms with Gasteiger partial charge in [-0.2, -0.15) is 0 Å². The van der Waals surface area contributed by atoms with E-state index in [1.807, 2.05) is 25.1 Å². The summed E-state index contributed by atoms with van der Waals surface area (Å²) >= 11 is 14.9. The van der Waals surface area contributed by atoms with Gasteiger partial charge in [0.25, 0.3) is 11.5 Å². The average Bonchev–Trinajstić information content (AvgIpc) is 3.88. The Bertz CT molecular complexity index is 3060. The van der Waals surface area contributed by atoms with Crippen molar-refractivity contribution in [2.24, 2.45) is 5.92 Å². The zero-order valence-corrected chi connectivity index (χ0v) is 44.6. The van der Waals surface area contributed by atoms with Crippen molar-refractivity contribution in [2.75, 3.05) is 78.9 Å². The maximum Gasteiger partial charge on any atom is 0.332 e. The van der Waals surface area contributed by atoms with Gasteiger partial charge >= 0.3 is 5.69 Å². The number of aromatic amines is 1. The highest BCUT2D eigenvalue weighted by molar-refractivity contribution is 7.10. The van der Waals surface area contributed by atoms with Gasteiger partial charge in [0.05, 0.1) is 35.5 Å². The second-order valence-corrected chi connectivity index (χ2v) is 21.7. The fraction of sp³-hybridized carbons (Fsp3) is 0.455. The highest BCUT2D eigenvalue weighted by Crippen LogP contribution is 2.43. The molecule has 3 aromatic carbocycles. The molecule has 1 saturated carbocycles. The number of carbonyl (C=O) groups excluding carboxylic acids is 2. The molecule has 6 aromatic rings. The molecule has 0 bridgehead atoms. The van der Waals surface area contributed by atoms with Crippen molar-refractivity contribution in [3.05, 3.63) is 131 Å². The Balaban J connectivity index is 0.724. The number of thiophene rings is 1. The number of carbonyl (C=O) groups is 2. The van der Waals surface area contributed by atoms with Gasteiger partial charge in [-0.05, 0) is 137 Å². The summed E-state index contributed by atoms with van der Waals surface area (Å²) in [5.74, 6) is 2.71. The Labute approximate surface area is 440 Å². The van der Waals surface area contributed by atoms with Crippen molar-refractivity contribution in [1.82, 2.24) is 39.1 Å². The quantitative estimate of drug-likeness (QED) is 0.0891. The molecule has 2 amide bonds. The number of H-pyrrole nitrogens is 1. The van der Waals surface area contributed by atoms with E-state index in [9.17, 15) is 19.2 Å². The molecule has 1 aliphatic carbocycles. The van der Waals surface area contributed by atoms with Crippen LogP contribution in [0.25, 0.3) is 27.7 Å². The molecule has 73 heavy (non-hydrogen) atoms. The van der Waals surface area contributed by atoms with Gasteiger partial charge in [-0.3, -0.25) is 28.8 Å².